The largest absolute Gasteiger partial charge is 0.379 e. The minimum absolute atomic E-state index is 0.186. The van der Waals surface area contributed by atoms with Crippen LogP contribution in [0.4, 0.5) is 15.9 Å². The third-order valence-corrected chi connectivity index (χ3v) is 6.99. The molecule has 0 bridgehead atoms. The first-order chi connectivity index (χ1) is 14.5. The first-order valence-electron chi connectivity index (χ1n) is 9.40. The lowest BCUT2D eigenvalue weighted by atomic mass is 10.2. The van der Waals surface area contributed by atoms with Crippen LogP contribution in [0.2, 0.25) is 0 Å². The number of aromatic amines is 1. The number of aromatic nitrogens is 3. The molecule has 1 aliphatic heterocycles. The smallest absolute Gasteiger partial charge is 0.243 e. The Morgan fingerprint density at radius 2 is 1.90 bits per heavy atom. The number of hydrogen-bond acceptors (Lipinski definition) is 6. The van der Waals surface area contributed by atoms with Crippen LogP contribution in [0.15, 0.2) is 53.6 Å². The quantitative estimate of drug-likeness (QED) is 0.519. The summed E-state index contributed by atoms with van der Waals surface area (Å²) in [4.78, 5) is 4.51. The van der Waals surface area contributed by atoms with Gasteiger partial charge in [-0.25, -0.2) is 12.8 Å². The van der Waals surface area contributed by atoms with Gasteiger partial charge >= 0.3 is 0 Å². The van der Waals surface area contributed by atoms with Gasteiger partial charge in [0, 0.05) is 30.1 Å². The zero-order valence-electron chi connectivity index (χ0n) is 15.8. The van der Waals surface area contributed by atoms with E-state index in [0.717, 1.165) is 0 Å². The Bertz CT molecular complexity index is 1350. The molecule has 0 spiro atoms. The summed E-state index contributed by atoms with van der Waals surface area (Å²) < 4.78 is 46.5. The van der Waals surface area contributed by atoms with Crippen LogP contribution >= 0.6 is 0 Å². The second-order valence-corrected chi connectivity index (χ2v) is 8.88. The predicted molar refractivity (Wildman–Crippen MR) is 111 cm³/mol. The molecule has 8 nitrogen and oxygen atoms in total. The van der Waals surface area contributed by atoms with Crippen LogP contribution in [0.3, 0.4) is 0 Å². The molecule has 5 rings (SSSR count). The van der Waals surface area contributed by atoms with Gasteiger partial charge in [0.1, 0.15) is 5.82 Å². The van der Waals surface area contributed by atoms with Crippen LogP contribution in [0.5, 0.6) is 0 Å². The molecular weight excluding hydrogens is 409 g/mol. The van der Waals surface area contributed by atoms with Crippen molar-refractivity contribution >= 4 is 43.3 Å². The van der Waals surface area contributed by atoms with Gasteiger partial charge in [-0.2, -0.15) is 9.40 Å². The molecule has 1 aliphatic rings. The van der Waals surface area contributed by atoms with E-state index in [2.05, 4.69) is 20.5 Å². The summed E-state index contributed by atoms with van der Waals surface area (Å²) in [6.45, 7) is 1.40. The number of H-pyrrole nitrogens is 1. The van der Waals surface area contributed by atoms with E-state index in [0.29, 0.717) is 59.6 Å². The summed E-state index contributed by atoms with van der Waals surface area (Å²) in [6, 6.07) is 10.9. The van der Waals surface area contributed by atoms with Crippen LogP contribution in [0, 0.1) is 5.82 Å². The van der Waals surface area contributed by atoms with Gasteiger partial charge in [-0.15, -0.1) is 0 Å². The maximum absolute atomic E-state index is 13.7. The average Bonchev–Trinajstić information content (AvgIpc) is 3.16. The van der Waals surface area contributed by atoms with Crippen LogP contribution in [-0.2, 0) is 14.8 Å². The van der Waals surface area contributed by atoms with E-state index in [1.165, 1.54) is 16.4 Å². The van der Waals surface area contributed by atoms with Crippen molar-refractivity contribution in [1.82, 2.24) is 19.5 Å². The number of halogens is 1. The first-order valence-corrected chi connectivity index (χ1v) is 10.8. The molecule has 0 unspecified atom stereocenters. The van der Waals surface area contributed by atoms with Crippen molar-refractivity contribution in [2.24, 2.45) is 0 Å². The second-order valence-electron chi connectivity index (χ2n) is 6.94. The number of benzene rings is 2. The Morgan fingerprint density at radius 1 is 1.07 bits per heavy atom. The number of fused-ring (bicyclic) bond motifs is 2. The molecule has 2 N–H and O–H groups in total. The van der Waals surface area contributed by atoms with E-state index in [1.807, 2.05) is 0 Å². The van der Waals surface area contributed by atoms with Crippen LogP contribution in [0.1, 0.15) is 0 Å². The van der Waals surface area contributed by atoms with Crippen molar-refractivity contribution in [2.45, 2.75) is 4.90 Å². The molecule has 0 atom stereocenters. The number of morpholine rings is 1. The normalized spacial score (nSPS) is 15.6. The number of ether oxygens (including phenoxy) is 1. The SMILES string of the molecule is O=S(=O)(c1ccc2nccc(Nc3n[nH]c4ccc(F)cc34)c2c1)N1CCOCC1. The van der Waals surface area contributed by atoms with Crippen molar-refractivity contribution in [1.29, 1.82) is 0 Å². The fourth-order valence-corrected chi connectivity index (χ4v) is 4.97. The fraction of sp³-hybridized carbons (Fsp3) is 0.200. The van der Waals surface area contributed by atoms with E-state index in [9.17, 15) is 12.8 Å². The summed E-state index contributed by atoms with van der Waals surface area (Å²) in [6.07, 6.45) is 1.62. The van der Waals surface area contributed by atoms with Crippen LogP contribution in [-0.4, -0.2) is 54.2 Å². The van der Waals surface area contributed by atoms with Crippen molar-refractivity contribution < 1.29 is 17.5 Å². The van der Waals surface area contributed by atoms with Crippen molar-refractivity contribution in [3.63, 3.8) is 0 Å². The van der Waals surface area contributed by atoms with Gasteiger partial charge in [0.15, 0.2) is 5.82 Å². The van der Waals surface area contributed by atoms with E-state index >= 15 is 0 Å². The number of hydrogen-bond donors (Lipinski definition) is 2. The Balaban J connectivity index is 1.57. The average molecular weight is 427 g/mol. The molecule has 3 heterocycles. The molecule has 10 heteroatoms. The Labute approximate surface area is 171 Å². The molecule has 1 fully saturated rings. The minimum atomic E-state index is -3.65. The lowest BCUT2D eigenvalue weighted by Gasteiger charge is -2.26. The lowest BCUT2D eigenvalue weighted by molar-refractivity contribution is 0.0730. The number of nitrogens with zero attached hydrogens (tertiary/aromatic N) is 3. The molecule has 0 aliphatic carbocycles. The lowest BCUT2D eigenvalue weighted by Crippen LogP contribution is -2.40. The first kappa shape index (κ1) is 18.9. The molecule has 0 radical (unpaired) electrons. The minimum Gasteiger partial charge on any atom is -0.379 e. The molecule has 2 aromatic heterocycles. The van der Waals surface area contributed by atoms with E-state index < -0.39 is 10.0 Å². The van der Waals surface area contributed by atoms with Crippen molar-refractivity contribution in [3.05, 3.63) is 54.5 Å². The fourth-order valence-electron chi connectivity index (χ4n) is 3.54. The van der Waals surface area contributed by atoms with Gasteiger partial charge in [0.25, 0.3) is 0 Å². The molecule has 2 aromatic carbocycles. The van der Waals surface area contributed by atoms with Crippen LogP contribution < -0.4 is 5.32 Å². The Hall–Kier alpha value is -3.08. The van der Waals surface area contributed by atoms with Gasteiger partial charge in [0.05, 0.1) is 34.8 Å². The maximum Gasteiger partial charge on any atom is 0.243 e. The predicted octanol–water partition coefficient (Wildman–Crippen LogP) is 3.01. The number of rotatable bonds is 4. The van der Waals surface area contributed by atoms with Crippen molar-refractivity contribution in [3.8, 4) is 0 Å². The Morgan fingerprint density at radius 3 is 2.73 bits per heavy atom. The number of anilines is 2. The van der Waals surface area contributed by atoms with Gasteiger partial charge in [-0.05, 0) is 42.5 Å². The van der Waals surface area contributed by atoms with E-state index in [-0.39, 0.29) is 10.7 Å². The molecule has 1 saturated heterocycles. The molecule has 30 heavy (non-hydrogen) atoms. The monoisotopic (exact) mass is 427 g/mol. The highest BCUT2D eigenvalue weighted by molar-refractivity contribution is 7.89. The van der Waals surface area contributed by atoms with E-state index in [1.54, 1.807) is 36.5 Å². The number of pyridine rings is 1. The van der Waals surface area contributed by atoms with Crippen molar-refractivity contribution in [2.75, 3.05) is 31.6 Å². The topological polar surface area (TPSA) is 100 Å². The third kappa shape index (κ3) is 3.28. The number of nitrogens with one attached hydrogen (secondary N) is 2. The molecule has 0 saturated carbocycles. The Kier molecular flexibility index (Phi) is 4.61. The van der Waals surface area contributed by atoms with Crippen LogP contribution in [0.25, 0.3) is 21.8 Å². The second kappa shape index (κ2) is 7.31. The molecule has 4 aromatic rings. The molecule has 154 valence electrons. The van der Waals surface area contributed by atoms with Gasteiger partial charge in [-0.3, -0.25) is 10.1 Å². The van der Waals surface area contributed by atoms with Gasteiger partial charge in [0.2, 0.25) is 10.0 Å². The maximum atomic E-state index is 13.7. The third-order valence-electron chi connectivity index (χ3n) is 5.10. The number of sulfonamides is 1. The summed E-state index contributed by atoms with van der Waals surface area (Å²) in [5.41, 5.74) is 1.94. The highest BCUT2D eigenvalue weighted by Gasteiger charge is 2.26. The summed E-state index contributed by atoms with van der Waals surface area (Å²) in [7, 11) is -3.65. The molecule has 0 amide bonds. The standard InChI is InChI=1S/C20H18FN5O3S/c21-13-1-3-19-16(11-13)20(25-24-19)23-18-5-6-22-17-4-2-14(12-15(17)18)30(27,28)26-7-9-29-10-8-26/h1-6,11-12H,7-10H2,(H2,22,23,24,25). The summed E-state index contributed by atoms with van der Waals surface area (Å²) >= 11 is 0. The van der Waals surface area contributed by atoms with E-state index in [4.69, 9.17) is 4.74 Å². The zero-order chi connectivity index (χ0) is 20.7. The summed E-state index contributed by atoms with van der Waals surface area (Å²) in [5, 5.41) is 11.5. The highest BCUT2D eigenvalue weighted by atomic mass is 32.2. The molecular formula is C20H18FN5O3S. The summed E-state index contributed by atoms with van der Waals surface area (Å²) in [5.74, 6) is 0.0730. The highest BCUT2D eigenvalue weighted by Crippen LogP contribution is 2.30. The zero-order valence-corrected chi connectivity index (χ0v) is 16.6. The van der Waals surface area contributed by atoms with Gasteiger partial charge < -0.3 is 10.1 Å². The van der Waals surface area contributed by atoms with Gasteiger partial charge in [-0.1, -0.05) is 0 Å².